The van der Waals surface area contributed by atoms with Crippen LogP contribution in [0.5, 0.6) is 11.5 Å². The summed E-state index contributed by atoms with van der Waals surface area (Å²) in [7, 11) is 0. The third-order valence-electron chi connectivity index (χ3n) is 4.94. The van der Waals surface area contributed by atoms with Crippen LogP contribution in [0.4, 0.5) is 11.8 Å². The zero-order valence-corrected chi connectivity index (χ0v) is 17.0. The van der Waals surface area contributed by atoms with Crippen LogP contribution in [0.2, 0.25) is 0 Å². The number of aryl methyl sites for hydroxylation is 1. The van der Waals surface area contributed by atoms with Crippen LogP contribution >= 0.6 is 12.2 Å². The quantitative estimate of drug-likeness (QED) is 0.760. The molecule has 7 nitrogen and oxygen atoms in total. The molecule has 0 aliphatic carbocycles. The van der Waals surface area contributed by atoms with Crippen molar-refractivity contribution in [2.45, 2.75) is 33.2 Å². The number of hydrogen-bond donors (Lipinski definition) is 2. The summed E-state index contributed by atoms with van der Waals surface area (Å²) in [6, 6.07) is 7.89. The molecule has 2 aromatic rings. The summed E-state index contributed by atoms with van der Waals surface area (Å²) in [5.41, 5.74) is 1.98. The lowest BCUT2D eigenvalue weighted by Gasteiger charge is -2.32. The highest BCUT2D eigenvalue weighted by atomic mass is 32.1. The third-order valence-corrected chi connectivity index (χ3v) is 5.18. The molecule has 0 amide bonds. The third kappa shape index (κ3) is 4.44. The number of rotatable bonds is 4. The normalized spacial score (nSPS) is 18.1. The van der Waals surface area contributed by atoms with Crippen LogP contribution in [-0.4, -0.2) is 35.0 Å². The first-order valence-corrected chi connectivity index (χ1v) is 10.0. The van der Waals surface area contributed by atoms with Gasteiger partial charge in [0.25, 0.3) is 0 Å². The Morgan fingerprint density at radius 1 is 1.25 bits per heavy atom. The number of piperidine rings is 1. The monoisotopic (exact) mass is 399 g/mol. The van der Waals surface area contributed by atoms with Crippen molar-refractivity contribution >= 4 is 29.1 Å². The van der Waals surface area contributed by atoms with E-state index in [1.54, 1.807) is 0 Å². The van der Waals surface area contributed by atoms with E-state index in [0.717, 1.165) is 41.7 Å². The van der Waals surface area contributed by atoms with E-state index >= 15 is 0 Å². The van der Waals surface area contributed by atoms with Crippen molar-refractivity contribution in [2.24, 2.45) is 5.92 Å². The first kappa shape index (κ1) is 18.7. The molecule has 1 saturated heterocycles. The summed E-state index contributed by atoms with van der Waals surface area (Å²) in [6.45, 7) is 7.18. The maximum atomic E-state index is 5.42. The zero-order valence-electron chi connectivity index (χ0n) is 16.2. The first-order valence-electron chi connectivity index (χ1n) is 9.61. The fraction of sp³-hybridized carbons (Fsp3) is 0.450. The number of hydrogen-bond acceptors (Lipinski definition) is 6. The minimum absolute atomic E-state index is 0.273. The van der Waals surface area contributed by atoms with Crippen molar-refractivity contribution < 1.29 is 9.47 Å². The summed E-state index contributed by atoms with van der Waals surface area (Å²) in [6.07, 6.45) is 2.47. The molecule has 2 aliphatic rings. The van der Waals surface area contributed by atoms with Crippen LogP contribution in [0.25, 0.3) is 0 Å². The predicted molar refractivity (Wildman–Crippen MR) is 113 cm³/mol. The maximum Gasteiger partial charge on any atom is 0.231 e. The lowest BCUT2D eigenvalue weighted by Crippen LogP contribution is -2.35. The SMILES string of the molecule is Cc1cc(N2CCC[C@@H](C)C2)nc(NC(=S)NCc2ccc3c(c2)OCO3)n1. The molecule has 0 bridgehead atoms. The van der Waals surface area contributed by atoms with Crippen molar-refractivity contribution in [1.82, 2.24) is 15.3 Å². The molecule has 148 valence electrons. The van der Waals surface area contributed by atoms with E-state index in [0.29, 0.717) is 23.5 Å². The van der Waals surface area contributed by atoms with Gasteiger partial charge in [-0.3, -0.25) is 0 Å². The largest absolute Gasteiger partial charge is 0.454 e. The van der Waals surface area contributed by atoms with Crippen LogP contribution in [0, 0.1) is 12.8 Å². The molecule has 2 aliphatic heterocycles. The van der Waals surface area contributed by atoms with E-state index in [2.05, 4.69) is 32.4 Å². The summed E-state index contributed by atoms with van der Waals surface area (Å²) < 4.78 is 10.7. The predicted octanol–water partition coefficient (Wildman–Crippen LogP) is 3.24. The number of fused-ring (bicyclic) bond motifs is 1. The van der Waals surface area contributed by atoms with Crippen molar-refractivity contribution in [3.8, 4) is 11.5 Å². The molecule has 4 rings (SSSR count). The fourth-order valence-electron chi connectivity index (χ4n) is 3.55. The van der Waals surface area contributed by atoms with Crippen LogP contribution in [0.15, 0.2) is 24.3 Å². The molecular formula is C20H25N5O2S. The smallest absolute Gasteiger partial charge is 0.231 e. The standard InChI is InChI=1S/C20H25N5O2S/c1-13-4-3-7-25(11-13)18-8-14(2)22-19(23-18)24-20(28)21-10-15-5-6-16-17(9-15)27-12-26-16/h5-6,8-9,13H,3-4,7,10-12H2,1-2H3,(H2,21,22,23,24,28)/t13-/m1/s1. The molecule has 0 unspecified atom stereocenters. The molecule has 1 atom stereocenters. The Kier molecular flexibility index (Phi) is 5.47. The second-order valence-electron chi connectivity index (χ2n) is 7.38. The number of ether oxygens (including phenoxy) is 2. The van der Waals surface area contributed by atoms with Gasteiger partial charge < -0.3 is 25.0 Å². The van der Waals surface area contributed by atoms with Crippen molar-refractivity contribution in [3.05, 3.63) is 35.5 Å². The van der Waals surface area contributed by atoms with Crippen LogP contribution in [0.1, 0.15) is 31.0 Å². The summed E-state index contributed by atoms with van der Waals surface area (Å²) in [5, 5.41) is 6.79. The van der Waals surface area contributed by atoms with Crippen LogP contribution < -0.4 is 25.0 Å². The van der Waals surface area contributed by atoms with Crippen molar-refractivity contribution in [1.29, 1.82) is 0 Å². The van der Waals surface area contributed by atoms with Gasteiger partial charge in [-0.2, -0.15) is 4.98 Å². The highest BCUT2D eigenvalue weighted by Gasteiger charge is 2.19. The molecule has 0 spiro atoms. The number of nitrogens with zero attached hydrogens (tertiary/aromatic N) is 3. The number of anilines is 2. The minimum atomic E-state index is 0.273. The van der Waals surface area contributed by atoms with Gasteiger partial charge in [-0.1, -0.05) is 13.0 Å². The summed E-state index contributed by atoms with van der Waals surface area (Å²) >= 11 is 5.42. The van der Waals surface area contributed by atoms with Gasteiger partial charge in [0.2, 0.25) is 12.7 Å². The summed E-state index contributed by atoms with van der Waals surface area (Å²) in [5.74, 6) is 3.71. The second-order valence-corrected chi connectivity index (χ2v) is 7.79. The molecule has 2 N–H and O–H groups in total. The molecule has 0 radical (unpaired) electrons. The van der Waals surface area contributed by atoms with E-state index in [1.165, 1.54) is 12.8 Å². The average molecular weight is 400 g/mol. The average Bonchev–Trinajstić information content (AvgIpc) is 3.14. The Hall–Kier alpha value is -2.61. The van der Waals surface area contributed by atoms with Gasteiger partial charge in [-0.05, 0) is 55.6 Å². The summed E-state index contributed by atoms with van der Waals surface area (Å²) in [4.78, 5) is 11.5. The number of aromatic nitrogens is 2. The molecule has 1 aromatic heterocycles. The molecular weight excluding hydrogens is 374 g/mol. The van der Waals surface area contributed by atoms with Crippen molar-refractivity contribution in [2.75, 3.05) is 30.1 Å². The topological polar surface area (TPSA) is 71.5 Å². The number of nitrogens with one attached hydrogen (secondary N) is 2. The van der Waals surface area contributed by atoms with Crippen LogP contribution in [0.3, 0.4) is 0 Å². The van der Waals surface area contributed by atoms with Gasteiger partial charge in [0.1, 0.15) is 5.82 Å². The molecule has 8 heteroatoms. The van der Waals surface area contributed by atoms with Gasteiger partial charge in [0.15, 0.2) is 16.6 Å². The number of benzene rings is 1. The maximum absolute atomic E-state index is 5.42. The molecule has 28 heavy (non-hydrogen) atoms. The Labute approximate surface area is 170 Å². The van der Waals surface area contributed by atoms with Gasteiger partial charge in [-0.25, -0.2) is 4.98 Å². The Morgan fingerprint density at radius 3 is 2.96 bits per heavy atom. The lowest BCUT2D eigenvalue weighted by atomic mass is 10.0. The Balaban J connectivity index is 1.37. The van der Waals surface area contributed by atoms with Crippen LogP contribution in [-0.2, 0) is 6.54 Å². The molecule has 1 aromatic carbocycles. The van der Waals surface area contributed by atoms with Gasteiger partial charge in [0, 0.05) is 31.4 Å². The molecule has 3 heterocycles. The van der Waals surface area contributed by atoms with Gasteiger partial charge >= 0.3 is 0 Å². The number of thiocarbonyl (C=S) groups is 1. The Bertz CT molecular complexity index is 876. The fourth-order valence-corrected chi connectivity index (χ4v) is 3.71. The van der Waals surface area contributed by atoms with E-state index in [1.807, 2.05) is 31.2 Å². The van der Waals surface area contributed by atoms with Gasteiger partial charge in [0.05, 0.1) is 0 Å². The first-order chi connectivity index (χ1) is 13.6. The highest BCUT2D eigenvalue weighted by molar-refractivity contribution is 7.80. The zero-order chi connectivity index (χ0) is 19.5. The van der Waals surface area contributed by atoms with E-state index < -0.39 is 0 Å². The van der Waals surface area contributed by atoms with Crippen molar-refractivity contribution in [3.63, 3.8) is 0 Å². The highest BCUT2D eigenvalue weighted by Crippen LogP contribution is 2.32. The van der Waals surface area contributed by atoms with E-state index in [4.69, 9.17) is 21.7 Å². The lowest BCUT2D eigenvalue weighted by molar-refractivity contribution is 0.174. The van der Waals surface area contributed by atoms with E-state index in [9.17, 15) is 0 Å². The molecule has 1 fully saturated rings. The Morgan fingerprint density at radius 2 is 2.11 bits per heavy atom. The van der Waals surface area contributed by atoms with E-state index in [-0.39, 0.29) is 6.79 Å². The second kappa shape index (κ2) is 8.18. The molecule has 0 saturated carbocycles. The minimum Gasteiger partial charge on any atom is -0.454 e. The van der Waals surface area contributed by atoms with Gasteiger partial charge in [-0.15, -0.1) is 0 Å².